The van der Waals surface area contributed by atoms with Crippen molar-refractivity contribution in [1.82, 2.24) is 4.98 Å². The first kappa shape index (κ1) is 12.0. The second-order valence-corrected chi connectivity index (χ2v) is 5.51. The Morgan fingerprint density at radius 2 is 2.06 bits per heavy atom. The summed E-state index contributed by atoms with van der Waals surface area (Å²) in [6.07, 6.45) is 2.14. The fourth-order valence-electron chi connectivity index (χ4n) is 1.74. The molecule has 88 valence electrons. The highest BCUT2D eigenvalue weighted by Crippen LogP contribution is 2.17. The molecule has 3 heteroatoms. The van der Waals surface area contributed by atoms with Gasteiger partial charge in [0.25, 0.3) is 0 Å². The largest absolute Gasteiger partial charge is 0.293 e. The van der Waals surface area contributed by atoms with E-state index in [4.69, 9.17) is 0 Å². The van der Waals surface area contributed by atoms with Gasteiger partial charge < -0.3 is 0 Å². The van der Waals surface area contributed by atoms with Gasteiger partial charge >= 0.3 is 0 Å². The summed E-state index contributed by atoms with van der Waals surface area (Å²) in [6.45, 7) is 6.00. The number of aromatic nitrogens is 1. The monoisotopic (exact) mass is 245 g/mol. The van der Waals surface area contributed by atoms with E-state index in [2.05, 4.69) is 23.2 Å². The third-order valence-electron chi connectivity index (χ3n) is 2.75. The molecule has 0 aliphatic heterocycles. The third-order valence-corrected chi connectivity index (χ3v) is 3.71. The number of carbonyl (C=O) groups excluding carboxylic acids is 1. The molecule has 0 amide bonds. The summed E-state index contributed by atoms with van der Waals surface area (Å²) in [4.78, 5) is 16.9. The van der Waals surface area contributed by atoms with Crippen molar-refractivity contribution in [3.8, 4) is 0 Å². The zero-order valence-electron chi connectivity index (χ0n) is 10.3. The van der Waals surface area contributed by atoms with Crippen LogP contribution < -0.4 is 0 Å². The van der Waals surface area contributed by atoms with Crippen molar-refractivity contribution < 1.29 is 4.79 Å². The smallest absolute Gasteiger partial charge is 0.178 e. The van der Waals surface area contributed by atoms with E-state index in [9.17, 15) is 4.79 Å². The van der Waals surface area contributed by atoms with E-state index >= 15 is 0 Å². The minimum atomic E-state index is 0.157. The zero-order chi connectivity index (χ0) is 12.4. The number of Topliss-reactive ketones (excluding diaryl/α,β-unsaturated/α-hetero) is 1. The Morgan fingerprint density at radius 3 is 2.71 bits per heavy atom. The molecular weight excluding hydrogens is 230 g/mol. The Balaban J connectivity index is 2.21. The summed E-state index contributed by atoms with van der Waals surface area (Å²) >= 11 is 1.46. The molecule has 0 bridgehead atoms. The molecule has 2 rings (SSSR count). The highest BCUT2D eigenvalue weighted by atomic mass is 32.1. The Hall–Kier alpha value is -1.48. The summed E-state index contributed by atoms with van der Waals surface area (Å²) in [5, 5.41) is 0.939. The first-order chi connectivity index (χ1) is 8.06. The predicted molar refractivity (Wildman–Crippen MR) is 70.8 cm³/mol. The maximum atomic E-state index is 12.1. The lowest BCUT2D eigenvalue weighted by molar-refractivity contribution is 0.0996. The second kappa shape index (κ2) is 4.80. The zero-order valence-corrected chi connectivity index (χ0v) is 11.1. The van der Waals surface area contributed by atoms with Crippen LogP contribution in [0.3, 0.4) is 0 Å². The topological polar surface area (TPSA) is 30.0 Å². The Morgan fingerprint density at radius 1 is 1.29 bits per heavy atom. The van der Waals surface area contributed by atoms with Crippen molar-refractivity contribution in [2.75, 3.05) is 0 Å². The van der Waals surface area contributed by atoms with Crippen LogP contribution in [-0.4, -0.2) is 10.8 Å². The Bertz CT molecular complexity index is 557. The second-order valence-electron chi connectivity index (χ2n) is 4.27. The molecular formula is C14H15NOS. The molecule has 0 aliphatic carbocycles. The van der Waals surface area contributed by atoms with E-state index in [0.717, 1.165) is 15.4 Å². The fraction of sp³-hybridized carbons (Fsp3) is 0.286. The van der Waals surface area contributed by atoms with E-state index in [-0.39, 0.29) is 5.78 Å². The van der Waals surface area contributed by atoms with Gasteiger partial charge in [-0.2, -0.15) is 0 Å². The molecule has 0 spiro atoms. The average molecular weight is 245 g/mol. The van der Waals surface area contributed by atoms with Gasteiger partial charge in [-0.3, -0.25) is 4.79 Å². The molecule has 1 heterocycles. The molecule has 1 aromatic heterocycles. The first-order valence-electron chi connectivity index (χ1n) is 5.58. The molecule has 0 fully saturated rings. The number of carbonyl (C=O) groups is 1. The highest BCUT2D eigenvalue weighted by molar-refractivity contribution is 7.13. The van der Waals surface area contributed by atoms with Gasteiger partial charge in [-0.1, -0.05) is 23.8 Å². The summed E-state index contributed by atoms with van der Waals surface area (Å²) in [5.74, 6) is 0.157. The minimum absolute atomic E-state index is 0.157. The van der Waals surface area contributed by atoms with E-state index in [0.29, 0.717) is 6.42 Å². The van der Waals surface area contributed by atoms with Crippen molar-refractivity contribution >= 4 is 17.1 Å². The summed E-state index contributed by atoms with van der Waals surface area (Å²) < 4.78 is 0. The molecule has 0 saturated heterocycles. The number of benzene rings is 1. The maximum absolute atomic E-state index is 12.1. The third kappa shape index (κ3) is 2.80. The van der Waals surface area contributed by atoms with Gasteiger partial charge in [-0.25, -0.2) is 4.98 Å². The molecule has 0 N–H and O–H groups in total. The van der Waals surface area contributed by atoms with Crippen LogP contribution in [-0.2, 0) is 6.42 Å². The van der Waals surface area contributed by atoms with E-state index in [1.165, 1.54) is 22.5 Å². The van der Waals surface area contributed by atoms with E-state index in [1.54, 1.807) is 6.20 Å². The molecule has 0 radical (unpaired) electrons. The number of ketones is 1. The maximum Gasteiger partial charge on any atom is 0.178 e. The van der Waals surface area contributed by atoms with Crippen molar-refractivity contribution in [3.63, 3.8) is 0 Å². The SMILES string of the molecule is Cc1ccc(C)c(CC(=O)c2cnc(C)s2)c1. The molecule has 2 nitrogen and oxygen atoms in total. The predicted octanol–water partition coefficient (Wildman–Crippen LogP) is 3.49. The average Bonchev–Trinajstić information content (AvgIpc) is 2.70. The van der Waals surface area contributed by atoms with Gasteiger partial charge in [0, 0.05) is 12.6 Å². The van der Waals surface area contributed by atoms with Crippen LogP contribution in [0.5, 0.6) is 0 Å². The van der Waals surface area contributed by atoms with Crippen LogP contribution in [0.25, 0.3) is 0 Å². The van der Waals surface area contributed by atoms with Gasteiger partial charge in [0.2, 0.25) is 0 Å². The molecule has 1 aromatic carbocycles. The van der Waals surface area contributed by atoms with Gasteiger partial charge in [0.05, 0.1) is 9.88 Å². The molecule has 0 saturated carbocycles. The van der Waals surface area contributed by atoms with Crippen LogP contribution >= 0.6 is 11.3 Å². The van der Waals surface area contributed by atoms with Crippen molar-refractivity contribution in [2.24, 2.45) is 0 Å². The van der Waals surface area contributed by atoms with Gasteiger partial charge in [-0.15, -0.1) is 11.3 Å². The van der Waals surface area contributed by atoms with Gasteiger partial charge in [0.1, 0.15) is 0 Å². The summed E-state index contributed by atoms with van der Waals surface area (Å²) in [7, 11) is 0. The number of nitrogens with zero attached hydrogens (tertiary/aromatic N) is 1. The first-order valence-corrected chi connectivity index (χ1v) is 6.39. The van der Waals surface area contributed by atoms with Crippen LogP contribution in [0.4, 0.5) is 0 Å². The molecule has 0 atom stereocenters. The van der Waals surface area contributed by atoms with E-state index < -0.39 is 0 Å². The summed E-state index contributed by atoms with van der Waals surface area (Å²) in [5.41, 5.74) is 3.48. The number of rotatable bonds is 3. The number of hydrogen-bond donors (Lipinski definition) is 0. The quantitative estimate of drug-likeness (QED) is 0.775. The standard InChI is InChI=1S/C14H15NOS/c1-9-4-5-10(2)12(6-9)7-13(16)14-8-15-11(3)17-14/h4-6,8H,7H2,1-3H3. The lowest BCUT2D eigenvalue weighted by Gasteiger charge is -2.05. The van der Waals surface area contributed by atoms with Crippen LogP contribution in [0.1, 0.15) is 31.4 Å². The lowest BCUT2D eigenvalue weighted by atomic mass is 10.0. The number of hydrogen-bond acceptors (Lipinski definition) is 3. The van der Waals surface area contributed by atoms with Gasteiger partial charge in [-0.05, 0) is 31.9 Å². The van der Waals surface area contributed by atoms with Gasteiger partial charge in [0.15, 0.2) is 5.78 Å². The van der Waals surface area contributed by atoms with Crippen molar-refractivity contribution in [1.29, 1.82) is 0 Å². The van der Waals surface area contributed by atoms with Crippen LogP contribution in [0, 0.1) is 20.8 Å². The number of aryl methyl sites for hydroxylation is 3. The Kier molecular flexibility index (Phi) is 3.38. The van der Waals surface area contributed by atoms with Crippen LogP contribution in [0.15, 0.2) is 24.4 Å². The minimum Gasteiger partial charge on any atom is -0.293 e. The van der Waals surface area contributed by atoms with Crippen molar-refractivity contribution in [3.05, 3.63) is 51.0 Å². The highest BCUT2D eigenvalue weighted by Gasteiger charge is 2.11. The molecule has 0 unspecified atom stereocenters. The molecule has 0 aliphatic rings. The molecule has 2 aromatic rings. The molecule has 17 heavy (non-hydrogen) atoms. The fourth-order valence-corrected chi connectivity index (χ4v) is 2.46. The lowest BCUT2D eigenvalue weighted by Crippen LogP contribution is -2.03. The van der Waals surface area contributed by atoms with E-state index in [1.807, 2.05) is 20.8 Å². The Labute approximate surface area is 105 Å². The number of thiazole rings is 1. The van der Waals surface area contributed by atoms with Crippen LogP contribution in [0.2, 0.25) is 0 Å². The summed E-state index contributed by atoms with van der Waals surface area (Å²) in [6, 6.07) is 6.22. The van der Waals surface area contributed by atoms with Crippen molar-refractivity contribution in [2.45, 2.75) is 27.2 Å². The normalized spacial score (nSPS) is 10.5.